The van der Waals surface area contributed by atoms with Gasteiger partial charge in [-0.15, -0.1) is 16.7 Å². The van der Waals surface area contributed by atoms with Gasteiger partial charge in [0.25, 0.3) is 0 Å². The van der Waals surface area contributed by atoms with Crippen LogP contribution in [0.25, 0.3) is 0 Å². The number of nitrogens with one attached hydrogen (secondary N) is 1. The monoisotopic (exact) mass is 373 g/mol. The number of nitrogens with zero attached hydrogens (tertiary/aromatic N) is 2. The van der Waals surface area contributed by atoms with Crippen molar-refractivity contribution in [3.8, 4) is 0 Å². The van der Waals surface area contributed by atoms with E-state index in [0.29, 0.717) is 17.1 Å². The van der Waals surface area contributed by atoms with Crippen molar-refractivity contribution in [3.63, 3.8) is 0 Å². The van der Waals surface area contributed by atoms with E-state index in [1.807, 2.05) is 12.1 Å². The summed E-state index contributed by atoms with van der Waals surface area (Å²) in [5.74, 6) is -0.977. The van der Waals surface area contributed by atoms with E-state index in [2.05, 4.69) is 10.5 Å². The molecule has 134 valence electrons. The van der Waals surface area contributed by atoms with Gasteiger partial charge in [-0.1, -0.05) is 18.2 Å². The summed E-state index contributed by atoms with van der Waals surface area (Å²) in [6, 6.07) is 13.6. The smallest absolute Gasteiger partial charge is 0.335 e. The van der Waals surface area contributed by atoms with E-state index in [1.54, 1.807) is 31.3 Å². The Bertz CT molecular complexity index is 867. The fourth-order valence-electron chi connectivity index (χ4n) is 2.45. The number of benzene rings is 2. The van der Waals surface area contributed by atoms with E-state index in [0.717, 1.165) is 5.56 Å². The average Bonchev–Trinajstić information content (AvgIpc) is 3.17. The maximum Gasteiger partial charge on any atom is 0.335 e. The van der Waals surface area contributed by atoms with Crippen molar-refractivity contribution in [2.24, 2.45) is 5.10 Å². The number of hydrogen-bond acceptors (Lipinski definition) is 5. The number of hydrazone groups is 1. The van der Waals surface area contributed by atoms with Crippen LogP contribution in [-0.2, 0) is 9.53 Å². The van der Waals surface area contributed by atoms with Gasteiger partial charge in [0.05, 0.1) is 5.56 Å². The minimum Gasteiger partial charge on any atom is -0.478 e. The second-order valence-electron chi connectivity index (χ2n) is 5.61. The number of aromatic carboxylic acids is 1. The van der Waals surface area contributed by atoms with Gasteiger partial charge in [-0.2, -0.15) is 0 Å². The number of alkyl halides is 1. The second kappa shape index (κ2) is 7.45. The van der Waals surface area contributed by atoms with Crippen molar-refractivity contribution in [1.29, 1.82) is 0 Å². The fraction of sp³-hybridized carbons (Fsp3) is 0.167. The highest BCUT2D eigenvalue weighted by Gasteiger charge is 2.23. The Morgan fingerprint density at radius 1 is 1.27 bits per heavy atom. The van der Waals surface area contributed by atoms with E-state index in [1.165, 1.54) is 17.0 Å². The van der Waals surface area contributed by atoms with Crippen LogP contribution in [0, 0.1) is 0 Å². The number of carbonyl (C=O) groups excluding carboxylic acids is 1. The van der Waals surface area contributed by atoms with Gasteiger partial charge in [0.2, 0.25) is 18.0 Å². The lowest BCUT2D eigenvalue weighted by atomic mass is 10.1. The van der Waals surface area contributed by atoms with Crippen molar-refractivity contribution in [2.75, 3.05) is 17.8 Å². The molecule has 1 amide bonds. The SMILES string of the molecule is CN(C(=O)CCl)c1ccc(C2NN=C(c3cccc(C(=O)O)c3)O2)cc1. The number of ether oxygens (including phenoxy) is 1. The van der Waals surface area contributed by atoms with Crippen LogP contribution in [-0.4, -0.2) is 35.8 Å². The molecule has 1 heterocycles. The Morgan fingerprint density at radius 3 is 2.65 bits per heavy atom. The van der Waals surface area contributed by atoms with Crippen molar-refractivity contribution in [2.45, 2.75) is 6.23 Å². The van der Waals surface area contributed by atoms with Gasteiger partial charge in [-0.3, -0.25) is 10.2 Å². The molecule has 2 aromatic carbocycles. The third-order valence-electron chi connectivity index (χ3n) is 3.94. The quantitative estimate of drug-likeness (QED) is 0.786. The summed E-state index contributed by atoms with van der Waals surface area (Å²) in [4.78, 5) is 24.2. The summed E-state index contributed by atoms with van der Waals surface area (Å²) in [7, 11) is 1.65. The van der Waals surface area contributed by atoms with Crippen LogP contribution < -0.4 is 10.3 Å². The molecule has 26 heavy (non-hydrogen) atoms. The molecule has 0 saturated heterocycles. The lowest BCUT2D eigenvalue weighted by Gasteiger charge is -2.17. The van der Waals surface area contributed by atoms with Gasteiger partial charge >= 0.3 is 5.97 Å². The lowest BCUT2D eigenvalue weighted by molar-refractivity contribution is -0.116. The van der Waals surface area contributed by atoms with Gasteiger partial charge in [0.1, 0.15) is 5.88 Å². The standard InChI is InChI=1S/C18H16ClN3O4/c1-22(15(23)10-19)14-7-5-11(6-8-14)16-20-21-17(26-16)12-3-2-4-13(9-12)18(24)25/h2-9,16,20H,10H2,1H3,(H,24,25). The van der Waals surface area contributed by atoms with Gasteiger partial charge in [0, 0.05) is 23.9 Å². The molecule has 0 spiro atoms. The van der Waals surface area contributed by atoms with Crippen LogP contribution >= 0.6 is 11.6 Å². The van der Waals surface area contributed by atoms with Crippen molar-refractivity contribution < 1.29 is 19.4 Å². The molecule has 1 aliphatic rings. The topological polar surface area (TPSA) is 91.2 Å². The summed E-state index contributed by atoms with van der Waals surface area (Å²) >= 11 is 5.56. The number of halogens is 1. The molecule has 1 atom stereocenters. The number of rotatable bonds is 5. The third kappa shape index (κ3) is 3.62. The molecule has 8 heteroatoms. The lowest BCUT2D eigenvalue weighted by Crippen LogP contribution is -2.27. The highest BCUT2D eigenvalue weighted by atomic mass is 35.5. The minimum absolute atomic E-state index is 0.0852. The largest absolute Gasteiger partial charge is 0.478 e. The summed E-state index contributed by atoms with van der Waals surface area (Å²) in [5.41, 5.74) is 5.13. The Kier molecular flexibility index (Phi) is 5.09. The molecule has 0 fully saturated rings. The van der Waals surface area contributed by atoms with Gasteiger partial charge in [-0.05, 0) is 30.3 Å². The van der Waals surface area contributed by atoms with Gasteiger partial charge in [0.15, 0.2) is 0 Å². The Labute approximate surface area is 154 Å². The number of carboxylic acids is 1. The average molecular weight is 374 g/mol. The molecule has 2 N–H and O–H groups in total. The van der Waals surface area contributed by atoms with Gasteiger partial charge < -0.3 is 14.7 Å². The molecule has 0 aliphatic carbocycles. The van der Waals surface area contributed by atoms with Crippen LogP contribution in [0.15, 0.2) is 53.6 Å². The maximum absolute atomic E-state index is 11.6. The zero-order valence-corrected chi connectivity index (χ0v) is 14.6. The zero-order chi connectivity index (χ0) is 18.7. The first-order valence-electron chi connectivity index (χ1n) is 7.75. The minimum atomic E-state index is -1.01. The summed E-state index contributed by atoms with van der Waals surface area (Å²) in [5, 5.41) is 13.2. The van der Waals surface area contributed by atoms with Crippen molar-refractivity contribution in [3.05, 3.63) is 65.2 Å². The molecule has 2 aromatic rings. The summed E-state index contributed by atoms with van der Waals surface area (Å²) in [6.45, 7) is 0. The molecule has 0 saturated carbocycles. The molecule has 0 aromatic heterocycles. The zero-order valence-electron chi connectivity index (χ0n) is 13.8. The summed E-state index contributed by atoms with van der Waals surface area (Å²) < 4.78 is 5.78. The number of carbonyl (C=O) groups is 2. The Balaban J connectivity index is 1.71. The normalized spacial score (nSPS) is 15.6. The third-order valence-corrected chi connectivity index (χ3v) is 4.17. The van der Waals surface area contributed by atoms with Crippen LogP contribution in [0.4, 0.5) is 5.69 Å². The molecular weight excluding hydrogens is 358 g/mol. The van der Waals surface area contributed by atoms with Gasteiger partial charge in [-0.25, -0.2) is 4.79 Å². The maximum atomic E-state index is 11.6. The highest BCUT2D eigenvalue weighted by Crippen LogP contribution is 2.24. The first-order chi connectivity index (χ1) is 12.5. The molecule has 1 aliphatic heterocycles. The first kappa shape index (κ1) is 17.8. The number of amides is 1. The van der Waals surface area contributed by atoms with E-state index < -0.39 is 12.2 Å². The fourth-order valence-corrected chi connectivity index (χ4v) is 2.63. The van der Waals surface area contributed by atoms with E-state index in [4.69, 9.17) is 21.4 Å². The van der Waals surface area contributed by atoms with Crippen LogP contribution in [0.1, 0.15) is 27.7 Å². The van der Waals surface area contributed by atoms with Crippen LogP contribution in [0.5, 0.6) is 0 Å². The molecule has 7 nitrogen and oxygen atoms in total. The predicted molar refractivity (Wildman–Crippen MR) is 97.5 cm³/mol. The number of hydrogen-bond donors (Lipinski definition) is 2. The highest BCUT2D eigenvalue weighted by molar-refractivity contribution is 6.29. The van der Waals surface area contributed by atoms with E-state index >= 15 is 0 Å². The van der Waals surface area contributed by atoms with Crippen LogP contribution in [0.2, 0.25) is 0 Å². The number of anilines is 1. The second-order valence-corrected chi connectivity index (χ2v) is 5.88. The predicted octanol–water partition coefficient (Wildman–Crippen LogP) is 2.57. The van der Waals surface area contributed by atoms with E-state index in [-0.39, 0.29) is 17.4 Å². The van der Waals surface area contributed by atoms with Crippen LogP contribution in [0.3, 0.4) is 0 Å². The van der Waals surface area contributed by atoms with E-state index in [9.17, 15) is 9.59 Å². The number of carboxylic acid groups (broad SMARTS) is 1. The molecule has 0 bridgehead atoms. The molecule has 1 unspecified atom stereocenters. The summed E-state index contributed by atoms with van der Waals surface area (Å²) in [6.07, 6.45) is -0.499. The Morgan fingerprint density at radius 2 is 2.00 bits per heavy atom. The Hall–Kier alpha value is -3.06. The molecule has 0 radical (unpaired) electrons. The molecule has 3 rings (SSSR count). The molecular formula is C18H16ClN3O4. The first-order valence-corrected chi connectivity index (χ1v) is 8.29. The van der Waals surface area contributed by atoms with Crippen molar-refractivity contribution in [1.82, 2.24) is 5.43 Å². The van der Waals surface area contributed by atoms with Crippen molar-refractivity contribution >= 4 is 35.1 Å².